The van der Waals surface area contributed by atoms with E-state index in [1.165, 1.54) is 12.1 Å². The number of hydrogen-bond donors (Lipinski definition) is 1. The topological polar surface area (TPSA) is 15.3 Å². The van der Waals surface area contributed by atoms with Crippen molar-refractivity contribution in [3.05, 3.63) is 35.4 Å². The molecule has 0 amide bonds. The van der Waals surface area contributed by atoms with E-state index in [1.54, 1.807) is 6.07 Å². The zero-order valence-corrected chi connectivity index (χ0v) is 11.3. The lowest BCUT2D eigenvalue weighted by Crippen LogP contribution is -2.45. The summed E-state index contributed by atoms with van der Waals surface area (Å²) in [5, 5.41) is 3.29. The number of halogens is 3. The molecule has 1 heterocycles. The molecule has 0 aromatic heterocycles. The van der Waals surface area contributed by atoms with Crippen LogP contribution in [0, 0.1) is 11.6 Å². The molecule has 2 nitrogen and oxygen atoms in total. The van der Waals surface area contributed by atoms with E-state index in [0.717, 1.165) is 38.2 Å². The van der Waals surface area contributed by atoms with Crippen LogP contribution in [0.4, 0.5) is 8.78 Å². The number of rotatable bonds is 3. The fraction of sp³-hybridized carbons (Fsp3) is 0.538. The molecular formula is C13H19ClF2N2. The van der Waals surface area contributed by atoms with Crippen LogP contribution in [0.15, 0.2) is 18.2 Å². The number of nitrogens with one attached hydrogen (secondary N) is 1. The maximum absolute atomic E-state index is 13.2. The minimum atomic E-state index is -0.774. The summed E-state index contributed by atoms with van der Waals surface area (Å²) in [5.41, 5.74) is 0.869. The van der Waals surface area contributed by atoms with Gasteiger partial charge in [-0.25, -0.2) is 8.78 Å². The van der Waals surface area contributed by atoms with Crippen LogP contribution in [0.2, 0.25) is 0 Å². The summed E-state index contributed by atoms with van der Waals surface area (Å²) in [6.45, 7) is 5.91. The van der Waals surface area contributed by atoms with Crippen LogP contribution in [-0.2, 0) is 0 Å². The van der Waals surface area contributed by atoms with Gasteiger partial charge in [0.05, 0.1) is 0 Å². The second kappa shape index (κ2) is 7.02. The van der Waals surface area contributed by atoms with Gasteiger partial charge in [-0.3, -0.25) is 4.90 Å². The molecule has 0 unspecified atom stereocenters. The van der Waals surface area contributed by atoms with Gasteiger partial charge >= 0.3 is 0 Å². The Bertz CT molecular complexity index is 381. The summed E-state index contributed by atoms with van der Waals surface area (Å²) in [4.78, 5) is 2.32. The Morgan fingerprint density at radius 2 is 1.89 bits per heavy atom. The van der Waals surface area contributed by atoms with Crippen molar-refractivity contribution in [2.45, 2.75) is 19.4 Å². The Morgan fingerprint density at radius 3 is 2.44 bits per heavy atom. The first-order valence-electron chi connectivity index (χ1n) is 6.12. The van der Waals surface area contributed by atoms with Gasteiger partial charge in [-0.15, -0.1) is 12.4 Å². The Labute approximate surface area is 113 Å². The van der Waals surface area contributed by atoms with Crippen molar-refractivity contribution < 1.29 is 8.78 Å². The molecule has 18 heavy (non-hydrogen) atoms. The molecule has 0 bridgehead atoms. The Hall–Kier alpha value is -0.710. The van der Waals surface area contributed by atoms with Gasteiger partial charge in [0.2, 0.25) is 0 Å². The normalized spacial score (nSPS) is 18.2. The molecule has 2 rings (SSSR count). The van der Waals surface area contributed by atoms with E-state index in [9.17, 15) is 8.78 Å². The highest BCUT2D eigenvalue weighted by Crippen LogP contribution is 2.25. The highest BCUT2D eigenvalue weighted by Gasteiger charge is 2.21. The third-order valence-electron chi connectivity index (χ3n) is 3.31. The average molecular weight is 277 g/mol. The van der Waals surface area contributed by atoms with Crippen LogP contribution >= 0.6 is 12.4 Å². The molecule has 1 aliphatic rings. The second-order valence-electron chi connectivity index (χ2n) is 4.38. The summed E-state index contributed by atoms with van der Waals surface area (Å²) in [7, 11) is 0. The zero-order chi connectivity index (χ0) is 12.3. The molecule has 0 radical (unpaired) electrons. The fourth-order valence-electron chi connectivity index (χ4n) is 2.42. The van der Waals surface area contributed by atoms with E-state index < -0.39 is 11.6 Å². The lowest BCUT2D eigenvalue weighted by atomic mass is 10.0. The minimum absolute atomic E-state index is 0. The maximum atomic E-state index is 13.2. The molecule has 1 aromatic carbocycles. The number of nitrogens with zero attached hydrogens (tertiary/aromatic N) is 1. The standard InChI is InChI=1S/C13H18F2N2.ClH/c1-2-13(17-7-5-16-6-8-17)10-3-4-11(14)12(15)9-10;/h3-4,9,13,16H,2,5-8H2,1H3;1H/t13-;/m1./s1. The Balaban J connectivity index is 0.00000162. The predicted octanol–water partition coefficient (Wildman–Crippen LogP) is 2.74. The third kappa shape index (κ3) is 3.40. The molecular weight excluding hydrogens is 258 g/mol. The van der Waals surface area contributed by atoms with Crippen LogP contribution < -0.4 is 5.32 Å². The SMILES string of the molecule is CC[C@H](c1ccc(F)c(F)c1)N1CCNCC1.Cl. The number of benzene rings is 1. The largest absolute Gasteiger partial charge is 0.314 e. The zero-order valence-electron chi connectivity index (χ0n) is 10.5. The van der Waals surface area contributed by atoms with E-state index in [-0.39, 0.29) is 18.4 Å². The summed E-state index contributed by atoms with van der Waals surface area (Å²) < 4.78 is 26.1. The smallest absolute Gasteiger partial charge is 0.159 e. The van der Waals surface area contributed by atoms with Crippen molar-refractivity contribution in [2.75, 3.05) is 26.2 Å². The minimum Gasteiger partial charge on any atom is -0.314 e. The molecule has 1 N–H and O–H groups in total. The number of hydrogen-bond acceptors (Lipinski definition) is 2. The highest BCUT2D eigenvalue weighted by molar-refractivity contribution is 5.85. The fourth-order valence-corrected chi connectivity index (χ4v) is 2.42. The molecule has 1 saturated heterocycles. The van der Waals surface area contributed by atoms with Gasteiger partial charge in [0.15, 0.2) is 11.6 Å². The summed E-state index contributed by atoms with van der Waals surface area (Å²) in [6, 6.07) is 4.42. The molecule has 102 valence electrons. The van der Waals surface area contributed by atoms with Gasteiger partial charge in [-0.1, -0.05) is 13.0 Å². The van der Waals surface area contributed by atoms with Crippen molar-refractivity contribution in [3.8, 4) is 0 Å². The third-order valence-corrected chi connectivity index (χ3v) is 3.31. The first-order valence-corrected chi connectivity index (χ1v) is 6.12. The van der Waals surface area contributed by atoms with Gasteiger partial charge in [0, 0.05) is 32.2 Å². The Kier molecular flexibility index (Phi) is 5.99. The average Bonchev–Trinajstić information content (AvgIpc) is 2.36. The molecule has 1 aromatic rings. The van der Waals surface area contributed by atoms with Crippen molar-refractivity contribution in [3.63, 3.8) is 0 Å². The van der Waals surface area contributed by atoms with Gasteiger partial charge in [-0.2, -0.15) is 0 Å². The van der Waals surface area contributed by atoms with Crippen molar-refractivity contribution >= 4 is 12.4 Å². The second-order valence-corrected chi connectivity index (χ2v) is 4.38. The first-order chi connectivity index (χ1) is 8.22. The van der Waals surface area contributed by atoms with Crippen LogP contribution in [0.1, 0.15) is 24.9 Å². The van der Waals surface area contributed by atoms with Gasteiger partial charge < -0.3 is 5.32 Å². The van der Waals surface area contributed by atoms with Crippen LogP contribution in [0.3, 0.4) is 0 Å². The van der Waals surface area contributed by atoms with Crippen LogP contribution in [0.25, 0.3) is 0 Å². The molecule has 0 spiro atoms. The molecule has 5 heteroatoms. The molecule has 0 saturated carbocycles. The van der Waals surface area contributed by atoms with Gasteiger partial charge in [-0.05, 0) is 24.1 Å². The van der Waals surface area contributed by atoms with E-state index >= 15 is 0 Å². The Morgan fingerprint density at radius 1 is 1.22 bits per heavy atom. The lowest BCUT2D eigenvalue weighted by molar-refractivity contribution is 0.169. The van der Waals surface area contributed by atoms with Crippen molar-refractivity contribution in [1.29, 1.82) is 0 Å². The molecule has 1 atom stereocenters. The maximum Gasteiger partial charge on any atom is 0.159 e. The summed E-state index contributed by atoms with van der Waals surface area (Å²) >= 11 is 0. The van der Waals surface area contributed by atoms with E-state index in [1.807, 2.05) is 0 Å². The molecule has 1 fully saturated rings. The summed E-state index contributed by atoms with van der Waals surface area (Å²) in [6.07, 6.45) is 0.908. The quantitative estimate of drug-likeness (QED) is 0.913. The number of piperazine rings is 1. The van der Waals surface area contributed by atoms with Crippen LogP contribution in [0.5, 0.6) is 0 Å². The summed E-state index contributed by atoms with van der Waals surface area (Å²) in [5.74, 6) is -1.53. The predicted molar refractivity (Wildman–Crippen MR) is 71.1 cm³/mol. The molecule has 1 aliphatic heterocycles. The monoisotopic (exact) mass is 276 g/mol. The van der Waals surface area contributed by atoms with Crippen LogP contribution in [-0.4, -0.2) is 31.1 Å². The first kappa shape index (κ1) is 15.3. The van der Waals surface area contributed by atoms with E-state index in [2.05, 4.69) is 17.1 Å². The van der Waals surface area contributed by atoms with Gasteiger partial charge in [0.25, 0.3) is 0 Å². The van der Waals surface area contributed by atoms with E-state index in [4.69, 9.17) is 0 Å². The van der Waals surface area contributed by atoms with E-state index in [0.29, 0.717) is 0 Å². The lowest BCUT2D eigenvalue weighted by Gasteiger charge is -2.34. The van der Waals surface area contributed by atoms with Crippen molar-refractivity contribution in [2.24, 2.45) is 0 Å². The van der Waals surface area contributed by atoms with Gasteiger partial charge in [0.1, 0.15) is 0 Å². The molecule has 0 aliphatic carbocycles. The highest BCUT2D eigenvalue weighted by atomic mass is 35.5. The van der Waals surface area contributed by atoms with Crippen molar-refractivity contribution in [1.82, 2.24) is 10.2 Å².